The molecule has 1 saturated heterocycles. The summed E-state index contributed by atoms with van der Waals surface area (Å²) in [4.78, 5) is 6.75. The third-order valence-electron chi connectivity index (χ3n) is 4.82. The molecule has 5 nitrogen and oxygen atoms in total. The maximum atomic E-state index is 12.2. The molecule has 0 amide bonds. The number of fused-ring (bicyclic) bond motifs is 1. The molecule has 148 valence electrons. The molecule has 2 aromatic rings. The van der Waals surface area contributed by atoms with Crippen molar-refractivity contribution in [3.63, 3.8) is 0 Å². The van der Waals surface area contributed by atoms with Gasteiger partial charge in [-0.15, -0.1) is 0 Å². The van der Waals surface area contributed by atoms with Gasteiger partial charge in [0.2, 0.25) is 0 Å². The van der Waals surface area contributed by atoms with E-state index in [0.717, 1.165) is 16.4 Å². The highest BCUT2D eigenvalue weighted by molar-refractivity contribution is 8.13. The summed E-state index contributed by atoms with van der Waals surface area (Å²) in [6.45, 7) is 0. The molecule has 28 heavy (non-hydrogen) atoms. The van der Waals surface area contributed by atoms with E-state index in [9.17, 15) is 8.42 Å². The quantitative estimate of drug-likeness (QED) is 0.686. The van der Waals surface area contributed by atoms with Crippen molar-refractivity contribution in [3.05, 3.63) is 58.1 Å². The van der Waals surface area contributed by atoms with Crippen LogP contribution < -0.4 is 9.64 Å². The minimum atomic E-state index is -3.10. The molecule has 0 saturated carbocycles. The average Bonchev–Trinajstić information content (AvgIpc) is 3.12. The summed E-state index contributed by atoms with van der Waals surface area (Å²) < 4.78 is 29.9. The fourth-order valence-electron chi connectivity index (χ4n) is 3.52. The van der Waals surface area contributed by atoms with Crippen molar-refractivity contribution in [2.45, 2.75) is 17.8 Å². The van der Waals surface area contributed by atoms with Crippen LogP contribution in [-0.4, -0.2) is 44.3 Å². The first-order valence-electron chi connectivity index (χ1n) is 8.65. The number of ether oxygens (including phenoxy) is 1. The molecule has 2 aromatic carbocycles. The number of hydrogen-bond acceptors (Lipinski definition) is 6. The van der Waals surface area contributed by atoms with E-state index in [1.54, 1.807) is 19.2 Å². The summed E-state index contributed by atoms with van der Waals surface area (Å²) in [5.74, 6) is 1.46. The van der Waals surface area contributed by atoms with Crippen LogP contribution in [0.15, 0.2) is 47.5 Å². The van der Waals surface area contributed by atoms with Crippen LogP contribution in [0.5, 0.6) is 5.75 Å². The highest BCUT2D eigenvalue weighted by Gasteiger charge is 2.47. The zero-order chi connectivity index (χ0) is 19.9. The van der Waals surface area contributed by atoms with Crippen LogP contribution in [0.4, 0.5) is 5.69 Å². The molecule has 1 fully saturated rings. The van der Waals surface area contributed by atoms with E-state index >= 15 is 0 Å². The van der Waals surface area contributed by atoms with Gasteiger partial charge in [-0.25, -0.2) is 8.42 Å². The van der Waals surface area contributed by atoms with Crippen LogP contribution in [-0.2, 0) is 15.6 Å². The molecule has 0 radical (unpaired) electrons. The lowest BCUT2D eigenvalue weighted by atomic mass is 10.1. The topological polar surface area (TPSA) is 59.0 Å². The number of sulfone groups is 1. The number of rotatable bonds is 4. The van der Waals surface area contributed by atoms with E-state index < -0.39 is 9.84 Å². The Morgan fingerprint density at radius 3 is 2.75 bits per heavy atom. The fourth-order valence-corrected chi connectivity index (χ4v) is 7.04. The third kappa shape index (κ3) is 3.85. The molecule has 2 aliphatic rings. The molecule has 4 rings (SSSR count). The van der Waals surface area contributed by atoms with Crippen LogP contribution in [0, 0.1) is 0 Å². The molecule has 0 unspecified atom stereocenters. The Bertz CT molecular complexity index is 1040. The average molecular weight is 457 g/mol. The molecular weight excluding hydrogens is 439 g/mol. The van der Waals surface area contributed by atoms with Gasteiger partial charge in [0.1, 0.15) is 5.75 Å². The number of nitrogens with zero attached hydrogens (tertiary/aromatic N) is 2. The van der Waals surface area contributed by atoms with E-state index in [4.69, 9.17) is 32.9 Å². The minimum absolute atomic E-state index is 0.0784. The number of benzene rings is 2. The zero-order valence-electron chi connectivity index (χ0n) is 15.0. The number of thioether (sulfide) groups is 1. The van der Waals surface area contributed by atoms with Crippen molar-refractivity contribution in [1.29, 1.82) is 0 Å². The van der Waals surface area contributed by atoms with Gasteiger partial charge in [0.15, 0.2) is 15.0 Å². The summed E-state index contributed by atoms with van der Waals surface area (Å²) in [6, 6.07) is 12.5. The van der Waals surface area contributed by atoms with Crippen molar-refractivity contribution in [1.82, 2.24) is 0 Å². The number of methoxy groups -OCH3 is 1. The molecule has 2 aliphatic heterocycles. The third-order valence-corrected chi connectivity index (χ3v) is 8.13. The SMILES string of the molecule is COc1ccccc1N1C(SCc2ccc(Cl)cc2Cl)=N[C@H]2CS(=O)(=O)C[C@@H]21. The van der Waals surface area contributed by atoms with E-state index in [1.807, 2.05) is 35.2 Å². The Kier molecular flexibility index (Phi) is 5.53. The van der Waals surface area contributed by atoms with Gasteiger partial charge in [0.25, 0.3) is 0 Å². The van der Waals surface area contributed by atoms with Crippen molar-refractivity contribution >= 4 is 55.7 Å². The Labute approximate surface area is 178 Å². The number of hydrogen-bond donors (Lipinski definition) is 0. The van der Waals surface area contributed by atoms with Crippen LogP contribution in [0.3, 0.4) is 0 Å². The van der Waals surface area contributed by atoms with Gasteiger partial charge in [-0.05, 0) is 29.8 Å². The molecule has 9 heteroatoms. The first-order valence-corrected chi connectivity index (χ1v) is 12.2. The molecule has 0 aliphatic carbocycles. The largest absolute Gasteiger partial charge is 0.495 e. The summed E-state index contributed by atoms with van der Waals surface area (Å²) in [6.07, 6.45) is 0. The zero-order valence-corrected chi connectivity index (χ0v) is 18.2. The molecule has 0 aromatic heterocycles. The monoisotopic (exact) mass is 456 g/mol. The van der Waals surface area contributed by atoms with Crippen molar-refractivity contribution < 1.29 is 13.2 Å². The molecule has 2 heterocycles. The first kappa shape index (κ1) is 19.9. The maximum Gasteiger partial charge on any atom is 0.164 e. The summed E-state index contributed by atoms with van der Waals surface area (Å²) in [5.41, 5.74) is 1.77. The molecule has 0 spiro atoms. The lowest BCUT2D eigenvalue weighted by Crippen LogP contribution is -2.39. The predicted octanol–water partition coefficient (Wildman–Crippen LogP) is 4.28. The van der Waals surface area contributed by atoms with Gasteiger partial charge in [-0.3, -0.25) is 4.99 Å². The second kappa shape index (κ2) is 7.78. The molecule has 0 bridgehead atoms. The van der Waals surface area contributed by atoms with E-state index in [0.29, 0.717) is 21.5 Å². The van der Waals surface area contributed by atoms with Gasteiger partial charge in [0.05, 0.1) is 36.4 Å². The highest BCUT2D eigenvalue weighted by atomic mass is 35.5. The summed E-state index contributed by atoms with van der Waals surface area (Å²) in [7, 11) is -1.50. The molecule has 2 atom stereocenters. The normalized spacial score (nSPS) is 22.8. The van der Waals surface area contributed by atoms with Crippen LogP contribution in [0.2, 0.25) is 10.0 Å². The molecule has 0 N–H and O–H groups in total. The number of para-hydroxylation sites is 2. The Morgan fingerprint density at radius 1 is 1.21 bits per heavy atom. The highest BCUT2D eigenvalue weighted by Crippen LogP contribution is 2.40. The maximum absolute atomic E-state index is 12.2. The standard InChI is InChI=1S/C19H18Cl2N2O3S2/c1-26-18-5-3-2-4-16(18)23-17-11-28(24,25)10-15(17)22-19(23)27-9-12-6-7-13(20)8-14(12)21/h2-8,15,17H,9-11H2,1H3/t15-,17-/m0/s1. The number of halogens is 2. The second-order valence-electron chi connectivity index (χ2n) is 6.69. The first-order chi connectivity index (χ1) is 13.4. The van der Waals surface area contributed by atoms with Crippen molar-refractivity contribution in [2.24, 2.45) is 4.99 Å². The number of anilines is 1. The van der Waals surface area contributed by atoms with Crippen LogP contribution in [0.25, 0.3) is 0 Å². The van der Waals surface area contributed by atoms with Gasteiger partial charge < -0.3 is 9.64 Å². The van der Waals surface area contributed by atoms with Gasteiger partial charge in [-0.1, -0.05) is 53.2 Å². The van der Waals surface area contributed by atoms with E-state index in [-0.39, 0.29) is 23.6 Å². The minimum Gasteiger partial charge on any atom is -0.495 e. The van der Waals surface area contributed by atoms with Crippen molar-refractivity contribution in [3.8, 4) is 5.75 Å². The Hall–Kier alpha value is -1.41. The lowest BCUT2D eigenvalue weighted by Gasteiger charge is -2.28. The van der Waals surface area contributed by atoms with E-state index in [2.05, 4.69) is 0 Å². The smallest absolute Gasteiger partial charge is 0.164 e. The van der Waals surface area contributed by atoms with Crippen molar-refractivity contribution in [2.75, 3.05) is 23.5 Å². The molecular formula is C19H18Cl2N2O3S2. The summed E-state index contributed by atoms with van der Waals surface area (Å²) >= 11 is 13.8. The number of amidine groups is 1. The summed E-state index contributed by atoms with van der Waals surface area (Å²) in [5, 5.41) is 1.97. The van der Waals surface area contributed by atoms with E-state index in [1.165, 1.54) is 11.8 Å². The van der Waals surface area contributed by atoms with Gasteiger partial charge in [-0.2, -0.15) is 0 Å². The van der Waals surface area contributed by atoms with Gasteiger partial charge in [0, 0.05) is 15.8 Å². The van der Waals surface area contributed by atoms with Gasteiger partial charge >= 0.3 is 0 Å². The second-order valence-corrected chi connectivity index (χ2v) is 10.6. The predicted molar refractivity (Wildman–Crippen MR) is 117 cm³/mol. The lowest BCUT2D eigenvalue weighted by molar-refractivity contribution is 0.415. The van der Waals surface area contributed by atoms with Crippen LogP contribution >= 0.6 is 35.0 Å². The number of aliphatic imine (C=N–C) groups is 1. The Morgan fingerprint density at radius 2 is 2.00 bits per heavy atom. The van der Waals surface area contributed by atoms with Crippen LogP contribution in [0.1, 0.15) is 5.56 Å². The Balaban J connectivity index is 1.66. The fraction of sp³-hybridized carbons (Fsp3) is 0.316.